The number of anilines is 1. The SMILES string of the molecule is C=Cc1c(-c2cnn3cc(N4CCC(N5CCN(C)CC5)CC4)cnc23)ccnc1N=C. The first-order chi connectivity index (χ1) is 15.7. The summed E-state index contributed by atoms with van der Waals surface area (Å²) in [4.78, 5) is 20.6. The molecule has 0 unspecified atom stereocenters. The number of nitrogens with zero attached hydrogens (tertiary/aromatic N) is 8. The van der Waals surface area contributed by atoms with Gasteiger partial charge in [-0.25, -0.2) is 19.5 Å². The molecule has 5 rings (SSSR count). The van der Waals surface area contributed by atoms with Crippen LogP contribution in [0.25, 0.3) is 22.9 Å². The summed E-state index contributed by atoms with van der Waals surface area (Å²) in [5, 5.41) is 4.59. The molecule has 0 radical (unpaired) electrons. The third-order valence-corrected chi connectivity index (χ3v) is 6.84. The molecule has 2 fully saturated rings. The summed E-state index contributed by atoms with van der Waals surface area (Å²) in [7, 11) is 2.21. The maximum absolute atomic E-state index is 4.78. The van der Waals surface area contributed by atoms with Crippen LogP contribution in [0.5, 0.6) is 0 Å². The molecule has 3 aromatic heterocycles. The van der Waals surface area contributed by atoms with Gasteiger partial charge < -0.3 is 9.80 Å². The molecule has 2 aliphatic heterocycles. The van der Waals surface area contributed by atoms with Crippen LogP contribution in [0, 0.1) is 0 Å². The van der Waals surface area contributed by atoms with E-state index in [1.54, 1.807) is 12.3 Å². The van der Waals surface area contributed by atoms with Crippen molar-refractivity contribution in [3.63, 3.8) is 0 Å². The van der Waals surface area contributed by atoms with E-state index in [0.29, 0.717) is 11.9 Å². The van der Waals surface area contributed by atoms with E-state index in [1.165, 1.54) is 39.0 Å². The number of fused-ring (bicyclic) bond motifs is 1. The molecule has 3 aromatic rings. The van der Waals surface area contributed by atoms with Gasteiger partial charge in [0.25, 0.3) is 0 Å². The van der Waals surface area contributed by atoms with E-state index in [0.717, 1.165) is 41.1 Å². The minimum Gasteiger partial charge on any atom is -0.369 e. The predicted molar refractivity (Wildman–Crippen MR) is 130 cm³/mol. The Morgan fingerprint density at radius 2 is 1.81 bits per heavy atom. The van der Waals surface area contributed by atoms with Crippen LogP contribution in [0.15, 0.2) is 42.4 Å². The first-order valence-electron chi connectivity index (χ1n) is 11.3. The molecule has 2 saturated heterocycles. The quantitative estimate of drug-likeness (QED) is 0.580. The molecule has 0 aliphatic carbocycles. The Balaban J connectivity index is 1.34. The average Bonchev–Trinajstić information content (AvgIpc) is 3.27. The van der Waals surface area contributed by atoms with Gasteiger partial charge in [0.15, 0.2) is 11.5 Å². The summed E-state index contributed by atoms with van der Waals surface area (Å²) in [6.45, 7) is 14.4. The van der Waals surface area contributed by atoms with Crippen molar-refractivity contribution in [3.8, 4) is 11.1 Å². The van der Waals surface area contributed by atoms with E-state index in [1.807, 2.05) is 23.0 Å². The van der Waals surface area contributed by atoms with Crippen LogP contribution in [0.4, 0.5) is 11.5 Å². The lowest BCUT2D eigenvalue weighted by Crippen LogP contribution is -2.52. The van der Waals surface area contributed by atoms with E-state index in [9.17, 15) is 0 Å². The number of likely N-dealkylation sites (N-methyl/N-ethyl adjacent to an activating group) is 1. The first kappa shape index (κ1) is 20.8. The van der Waals surface area contributed by atoms with Gasteiger partial charge >= 0.3 is 0 Å². The predicted octanol–water partition coefficient (Wildman–Crippen LogP) is 2.98. The maximum Gasteiger partial charge on any atom is 0.162 e. The smallest absolute Gasteiger partial charge is 0.162 e. The van der Waals surface area contributed by atoms with Crippen LogP contribution in [-0.4, -0.2) is 88.5 Å². The Morgan fingerprint density at radius 3 is 2.53 bits per heavy atom. The van der Waals surface area contributed by atoms with Gasteiger partial charge in [0, 0.05) is 62.6 Å². The Labute approximate surface area is 188 Å². The fourth-order valence-electron chi connectivity index (χ4n) is 4.92. The van der Waals surface area contributed by atoms with Crippen molar-refractivity contribution in [1.29, 1.82) is 0 Å². The molecule has 0 saturated carbocycles. The number of pyridine rings is 1. The number of aliphatic imine (C=N–C) groups is 1. The Kier molecular flexibility index (Phi) is 5.71. The highest BCUT2D eigenvalue weighted by Crippen LogP contribution is 2.32. The second kappa shape index (κ2) is 8.80. The molecule has 0 aromatic carbocycles. The van der Waals surface area contributed by atoms with Crippen molar-refractivity contribution in [2.24, 2.45) is 4.99 Å². The van der Waals surface area contributed by atoms with Crippen LogP contribution in [0.1, 0.15) is 18.4 Å². The highest BCUT2D eigenvalue weighted by Gasteiger charge is 2.27. The summed E-state index contributed by atoms with van der Waals surface area (Å²) in [6, 6.07) is 2.64. The average molecular weight is 431 g/mol. The van der Waals surface area contributed by atoms with Crippen LogP contribution in [0.2, 0.25) is 0 Å². The molecule has 0 amide bonds. The van der Waals surface area contributed by atoms with Gasteiger partial charge in [-0.2, -0.15) is 5.10 Å². The van der Waals surface area contributed by atoms with Gasteiger partial charge in [0.2, 0.25) is 0 Å². The third kappa shape index (κ3) is 3.80. The van der Waals surface area contributed by atoms with Gasteiger partial charge in [0.05, 0.1) is 24.3 Å². The molecule has 0 atom stereocenters. The van der Waals surface area contributed by atoms with Gasteiger partial charge in [-0.3, -0.25) is 4.90 Å². The molecular formula is C24H30N8. The molecular weight excluding hydrogens is 400 g/mol. The molecule has 0 N–H and O–H groups in total. The van der Waals surface area contributed by atoms with Crippen molar-refractivity contribution in [1.82, 2.24) is 29.4 Å². The largest absolute Gasteiger partial charge is 0.369 e. The van der Waals surface area contributed by atoms with Crippen LogP contribution < -0.4 is 4.90 Å². The Bertz CT molecular complexity index is 1120. The molecule has 32 heavy (non-hydrogen) atoms. The standard InChI is InChI=1S/C24H30N8/c1-4-20-21(5-8-26-23(20)25-2)22-16-28-32-17-19(15-27-24(22)32)30-9-6-18(7-10-30)31-13-11-29(3)12-14-31/h4-5,8,15-18H,1-2,6-7,9-14H2,3H3. The maximum atomic E-state index is 4.78. The van der Waals surface area contributed by atoms with Crippen molar-refractivity contribution in [3.05, 3.63) is 43.0 Å². The second-order valence-electron chi connectivity index (χ2n) is 8.65. The molecule has 0 bridgehead atoms. The number of piperidine rings is 1. The molecule has 8 nitrogen and oxygen atoms in total. The van der Waals surface area contributed by atoms with Crippen LogP contribution >= 0.6 is 0 Å². The molecule has 8 heteroatoms. The summed E-state index contributed by atoms with van der Waals surface area (Å²) < 4.78 is 1.87. The third-order valence-electron chi connectivity index (χ3n) is 6.84. The van der Waals surface area contributed by atoms with Gasteiger partial charge in [0.1, 0.15) is 0 Å². The van der Waals surface area contributed by atoms with Crippen LogP contribution in [-0.2, 0) is 0 Å². The minimum atomic E-state index is 0.566. The summed E-state index contributed by atoms with van der Waals surface area (Å²) in [5.74, 6) is 0.566. The summed E-state index contributed by atoms with van der Waals surface area (Å²) in [5.41, 5.74) is 4.67. The van der Waals surface area contributed by atoms with Crippen molar-refractivity contribution in [2.45, 2.75) is 18.9 Å². The number of hydrogen-bond acceptors (Lipinski definition) is 7. The van der Waals surface area contributed by atoms with E-state index in [4.69, 9.17) is 4.98 Å². The lowest BCUT2D eigenvalue weighted by Gasteiger charge is -2.42. The Morgan fingerprint density at radius 1 is 1.03 bits per heavy atom. The van der Waals surface area contributed by atoms with E-state index >= 15 is 0 Å². The number of rotatable bonds is 5. The molecule has 5 heterocycles. The van der Waals surface area contributed by atoms with E-state index in [2.05, 4.69) is 56.3 Å². The summed E-state index contributed by atoms with van der Waals surface area (Å²) >= 11 is 0. The molecule has 2 aliphatic rings. The zero-order chi connectivity index (χ0) is 22.1. The van der Waals surface area contributed by atoms with Crippen molar-refractivity contribution < 1.29 is 0 Å². The molecule has 166 valence electrons. The van der Waals surface area contributed by atoms with E-state index < -0.39 is 0 Å². The number of aromatic nitrogens is 4. The molecule has 0 spiro atoms. The normalized spacial score (nSPS) is 18.8. The lowest BCUT2D eigenvalue weighted by molar-refractivity contribution is 0.0982. The number of hydrogen-bond donors (Lipinski definition) is 0. The van der Waals surface area contributed by atoms with Gasteiger partial charge in [-0.15, -0.1) is 0 Å². The fraction of sp³-hybridized carbons (Fsp3) is 0.417. The first-order valence-corrected chi connectivity index (χ1v) is 11.3. The topological polar surface area (TPSA) is 65.2 Å². The van der Waals surface area contributed by atoms with Gasteiger partial charge in [-0.1, -0.05) is 12.7 Å². The van der Waals surface area contributed by atoms with Gasteiger partial charge in [-0.05, 0) is 38.2 Å². The number of piperazine rings is 1. The van der Waals surface area contributed by atoms with E-state index in [-0.39, 0.29) is 0 Å². The van der Waals surface area contributed by atoms with Crippen LogP contribution in [0.3, 0.4) is 0 Å². The monoisotopic (exact) mass is 430 g/mol. The zero-order valence-electron chi connectivity index (χ0n) is 18.7. The highest BCUT2D eigenvalue weighted by molar-refractivity contribution is 5.86. The van der Waals surface area contributed by atoms with Crippen molar-refractivity contribution >= 4 is 29.9 Å². The zero-order valence-corrected chi connectivity index (χ0v) is 18.7. The summed E-state index contributed by atoms with van der Waals surface area (Å²) in [6.07, 6.45) is 11.8. The van der Waals surface area contributed by atoms with Crippen molar-refractivity contribution in [2.75, 3.05) is 51.2 Å². The highest BCUT2D eigenvalue weighted by atomic mass is 15.3. The Hall–Kier alpha value is -3.10. The minimum absolute atomic E-state index is 0.566. The lowest BCUT2D eigenvalue weighted by atomic mass is 10.0. The second-order valence-corrected chi connectivity index (χ2v) is 8.65. The fourth-order valence-corrected chi connectivity index (χ4v) is 4.92.